The molecule has 4 heterocycles. The molecule has 1 aliphatic heterocycles. The molecule has 0 unspecified atom stereocenters. The number of piperazine rings is 1. The normalized spacial score (nSPS) is 17.3. The van der Waals surface area contributed by atoms with Crippen LogP contribution in [0.25, 0.3) is 11.4 Å². The van der Waals surface area contributed by atoms with Crippen LogP contribution in [-0.2, 0) is 6.42 Å². The zero-order chi connectivity index (χ0) is 21.9. The van der Waals surface area contributed by atoms with Gasteiger partial charge in [-0.05, 0) is 42.9 Å². The van der Waals surface area contributed by atoms with Crippen molar-refractivity contribution >= 4 is 23.3 Å². The Balaban J connectivity index is 1.20. The molecule has 3 aromatic rings. The van der Waals surface area contributed by atoms with Crippen LogP contribution in [0, 0.1) is 0 Å². The highest BCUT2D eigenvalue weighted by molar-refractivity contribution is 7.08. The molecule has 3 aromatic heterocycles. The quantitative estimate of drug-likeness (QED) is 0.558. The second-order valence-corrected chi connectivity index (χ2v) is 9.17. The van der Waals surface area contributed by atoms with Crippen molar-refractivity contribution in [3.63, 3.8) is 0 Å². The van der Waals surface area contributed by atoms with Crippen molar-refractivity contribution in [2.24, 2.45) is 0 Å². The standard InChI is InChI=1S/C22H27N7O2S/c1-2-5-17-19(32-27-25-17)22(30)29-12-10-28(11-13-29)18-9-8-16(14-23-18)20-24-21(31-26-20)15-6-3-4-7-15/h8-9,14-15H,2-7,10-13H2,1H3. The van der Waals surface area contributed by atoms with Crippen LogP contribution in [0.1, 0.15) is 66.2 Å². The average Bonchev–Trinajstić information content (AvgIpc) is 3.61. The Hall–Kier alpha value is -2.88. The summed E-state index contributed by atoms with van der Waals surface area (Å²) in [6.45, 7) is 4.86. The minimum absolute atomic E-state index is 0.0431. The van der Waals surface area contributed by atoms with Crippen molar-refractivity contribution in [3.05, 3.63) is 34.8 Å². The van der Waals surface area contributed by atoms with Gasteiger partial charge in [0.1, 0.15) is 10.7 Å². The lowest BCUT2D eigenvalue weighted by atomic mass is 10.1. The first-order valence-electron chi connectivity index (χ1n) is 11.4. The van der Waals surface area contributed by atoms with Gasteiger partial charge in [-0.2, -0.15) is 4.98 Å². The van der Waals surface area contributed by atoms with E-state index in [4.69, 9.17) is 4.52 Å². The number of carbonyl (C=O) groups is 1. The first kappa shape index (κ1) is 21.0. The predicted molar refractivity (Wildman–Crippen MR) is 121 cm³/mol. The van der Waals surface area contributed by atoms with Crippen molar-refractivity contribution in [3.8, 4) is 11.4 Å². The van der Waals surface area contributed by atoms with Crippen molar-refractivity contribution in [1.82, 2.24) is 29.6 Å². The maximum atomic E-state index is 12.9. The summed E-state index contributed by atoms with van der Waals surface area (Å²) in [5.41, 5.74) is 1.68. The number of amides is 1. The monoisotopic (exact) mass is 453 g/mol. The molecule has 0 radical (unpaired) electrons. The molecule has 168 valence electrons. The van der Waals surface area contributed by atoms with Gasteiger partial charge in [0.25, 0.3) is 5.91 Å². The van der Waals surface area contributed by atoms with Crippen LogP contribution in [0.3, 0.4) is 0 Å². The summed E-state index contributed by atoms with van der Waals surface area (Å²) in [7, 11) is 0. The summed E-state index contributed by atoms with van der Waals surface area (Å²) in [5.74, 6) is 2.69. The predicted octanol–water partition coefficient (Wildman–Crippen LogP) is 3.56. The van der Waals surface area contributed by atoms with E-state index in [0.29, 0.717) is 29.7 Å². The zero-order valence-electron chi connectivity index (χ0n) is 18.2. The lowest BCUT2D eigenvalue weighted by Crippen LogP contribution is -2.49. The van der Waals surface area contributed by atoms with Gasteiger partial charge in [0, 0.05) is 43.9 Å². The number of aromatic nitrogens is 5. The minimum atomic E-state index is 0.0431. The number of nitrogens with zero attached hydrogens (tertiary/aromatic N) is 7. The number of hydrogen-bond donors (Lipinski definition) is 0. The molecular formula is C22H27N7O2S. The first-order chi connectivity index (χ1) is 15.7. The summed E-state index contributed by atoms with van der Waals surface area (Å²) in [6.07, 6.45) is 8.27. The Bertz CT molecular complexity index is 1050. The van der Waals surface area contributed by atoms with Crippen LogP contribution < -0.4 is 4.90 Å². The zero-order valence-corrected chi connectivity index (χ0v) is 19.1. The summed E-state index contributed by atoms with van der Waals surface area (Å²) >= 11 is 1.20. The number of rotatable bonds is 6. The van der Waals surface area contributed by atoms with Crippen LogP contribution in [0.2, 0.25) is 0 Å². The molecule has 2 aliphatic rings. The smallest absolute Gasteiger partial charge is 0.267 e. The van der Waals surface area contributed by atoms with E-state index in [0.717, 1.165) is 61.7 Å². The van der Waals surface area contributed by atoms with Crippen LogP contribution in [0.4, 0.5) is 5.82 Å². The van der Waals surface area contributed by atoms with E-state index in [9.17, 15) is 4.79 Å². The lowest BCUT2D eigenvalue weighted by Gasteiger charge is -2.35. The van der Waals surface area contributed by atoms with Gasteiger partial charge < -0.3 is 14.3 Å². The Morgan fingerprint density at radius 2 is 2.00 bits per heavy atom. The molecule has 1 saturated carbocycles. The van der Waals surface area contributed by atoms with Gasteiger partial charge in [-0.25, -0.2) is 4.98 Å². The van der Waals surface area contributed by atoms with Crippen LogP contribution in [-0.4, -0.2) is 61.7 Å². The number of hydrogen-bond acceptors (Lipinski definition) is 9. The highest BCUT2D eigenvalue weighted by atomic mass is 32.1. The molecule has 1 saturated heterocycles. The second-order valence-electron chi connectivity index (χ2n) is 8.42. The Labute approximate surface area is 191 Å². The van der Waals surface area contributed by atoms with Crippen LogP contribution in [0.5, 0.6) is 0 Å². The third-order valence-electron chi connectivity index (χ3n) is 6.28. The maximum Gasteiger partial charge on any atom is 0.267 e. The van der Waals surface area contributed by atoms with Crippen LogP contribution >= 0.6 is 11.5 Å². The number of aryl methyl sites for hydroxylation is 1. The lowest BCUT2D eigenvalue weighted by molar-refractivity contribution is 0.0750. The number of anilines is 1. The molecule has 0 atom stereocenters. The molecule has 5 rings (SSSR count). The average molecular weight is 454 g/mol. The SMILES string of the molecule is CCCc1nnsc1C(=O)N1CCN(c2ccc(-c3noc(C4CCCC4)n3)cn2)CC1. The second kappa shape index (κ2) is 9.32. The minimum Gasteiger partial charge on any atom is -0.353 e. The Morgan fingerprint density at radius 1 is 1.19 bits per heavy atom. The van der Waals surface area contributed by atoms with E-state index in [2.05, 4.69) is 36.5 Å². The van der Waals surface area contributed by atoms with Crippen molar-refractivity contribution in [1.29, 1.82) is 0 Å². The van der Waals surface area contributed by atoms with Crippen molar-refractivity contribution in [2.75, 3.05) is 31.1 Å². The molecule has 0 N–H and O–H groups in total. The molecule has 2 fully saturated rings. The van der Waals surface area contributed by atoms with Gasteiger partial charge in [-0.15, -0.1) is 5.10 Å². The van der Waals surface area contributed by atoms with Gasteiger partial charge in [0.05, 0.1) is 5.69 Å². The van der Waals surface area contributed by atoms with Crippen LogP contribution in [0.15, 0.2) is 22.9 Å². The molecular weight excluding hydrogens is 426 g/mol. The fraction of sp³-hybridized carbons (Fsp3) is 0.545. The molecule has 0 spiro atoms. The van der Waals surface area contributed by atoms with Gasteiger partial charge in [0.15, 0.2) is 0 Å². The molecule has 0 bridgehead atoms. The molecule has 1 amide bonds. The number of pyridine rings is 1. The highest BCUT2D eigenvalue weighted by Crippen LogP contribution is 2.34. The van der Waals surface area contributed by atoms with E-state index in [1.165, 1.54) is 24.4 Å². The van der Waals surface area contributed by atoms with E-state index < -0.39 is 0 Å². The summed E-state index contributed by atoms with van der Waals surface area (Å²) in [5, 5.41) is 8.28. The maximum absolute atomic E-state index is 12.9. The van der Waals surface area contributed by atoms with Crippen molar-refractivity contribution in [2.45, 2.75) is 51.4 Å². The molecule has 0 aromatic carbocycles. The van der Waals surface area contributed by atoms with E-state index >= 15 is 0 Å². The summed E-state index contributed by atoms with van der Waals surface area (Å²) < 4.78 is 9.48. The molecule has 9 nitrogen and oxygen atoms in total. The van der Waals surface area contributed by atoms with E-state index in [-0.39, 0.29) is 5.91 Å². The van der Waals surface area contributed by atoms with Gasteiger partial charge in [0.2, 0.25) is 11.7 Å². The highest BCUT2D eigenvalue weighted by Gasteiger charge is 2.27. The Morgan fingerprint density at radius 3 is 2.72 bits per heavy atom. The summed E-state index contributed by atoms with van der Waals surface area (Å²) in [4.78, 5) is 26.9. The first-order valence-corrected chi connectivity index (χ1v) is 12.2. The largest absolute Gasteiger partial charge is 0.353 e. The van der Waals surface area contributed by atoms with E-state index in [1.54, 1.807) is 6.20 Å². The third kappa shape index (κ3) is 4.23. The van der Waals surface area contributed by atoms with Crippen molar-refractivity contribution < 1.29 is 9.32 Å². The molecule has 32 heavy (non-hydrogen) atoms. The van der Waals surface area contributed by atoms with E-state index in [1.807, 2.05) is 17.0 Å². The summed E-state index contributed by atoms with van der Waals surface area (Å²) in [6, 6.07) is 3.98. The fourth-order valence-corrected chi connectivity index (χ4v) is 5.13. The van der Waals surface area contributed by atoms with Gasteiger partial charge in [-0.1, -0.05) is 35.8 Å². The topological polar surface area (TPSA) is 101 Å². The Kier molecular flexibility index (Phi) is 6.11. The molecule has 10 heteroatoms. The van der Waals surface area contributed by atoms with Gasteiger partial charge >= 0.3 is 0 Å². The third-order valence-corrected chi connectivity index (χ3v) is 7.04. The number of carbonyl (C=O) groups excluding carboxylic acids is 1. The fourth-order valence-electron chi connectivity index (χ4n) is 4.45. The van der Waals surface area contributed by atoms with Gasteiger partial charge in [-0.3, -0.25) is 4.79 Å². The molecule has 1 aliphatic carbocycles.